The van der Waals surface area contributed by atoms with Crippen molar-refractivity contribution >= 4 is 45.8 Å². The molecule has 1 aromatic heterocycles. The maximum atomic E-state index is 4.53. The summed E-state index contributed by atoms with van der Waals surface area (Å²) >= 11 is 8.13. The lowest BCUT2D eigenvalue weighted by Gasteiger charge is -2.01. The highest BCUT2D eigenvalue weighted by Crippen LogP contribution is 2.39. The van der Waals surface area contributed by atoms with E-state index in [1.54, 1.807) is 11.3 Å². The van der Waals surface area contributed by atoms with Crippen LogP contribution in [0, 0.1) is 0 Å². The molecule has 0 fully saturated rings. The summed E-state index contributed by atoms with van der Waals surface area (Å²) in [5, 5.41) is 1.41. The number of aryl methyl sites for hydroxylation is 1. The van der Waals surface area contributed by atoms with Crippen molar-refractivity contribution in [1.82, 2.24) is 0 Å². The molecule has 1 heterocycles. The van der Waals surface area contributed by atoms with E-state index >= 15 is 0 Å². The van der Waals surface area contributed by atoms with Crippen LogP contribution in [0.15, 0.2) is 27.3 Å². The Balaban J connectivity index is 2.82. The quantitative estimate of drug-likeness (QED) is 0.597. The summed E-state index contributed by atoms with van der Waals surface area (Å²) in [5.74, 6) is 0. The molecule has 0 aliphatic heterocycles. The van der Waals surface area contributed by atoms with Crippen LogP contribution in [0.1, 0.15) is 12.5 Å². The zero-order valence-electron chi connectivity index (χ0n) is 8.20. The van der Waals surface area contributed by atoms with Gasteiger partial charge in [0, 0.05) is 15.0 Å². The van der Waals surface area contributed by atoms with E-state index in [0.717, 1.165) is 6.42 Å². The number of benzene rings is 1. The van der Waals surface area contributed by atoms with Crippen LogP contribution in [0.4, 0.5) is 0 Å². The highest BCUT2D eigenvalue weighted by molar-refractivity contribution is 7.98. The smallest absolute Gasteiger partial charge is 0.0613 e. The van der Waals surface area contributed by atoms with Crippen molar-refractivity contribution in [2.45, 2.75) is 22.4 Å². The van der Waals surface area contributed by atoms with Gasteiger partial charge >= 0.3 is 0 Å². The Hall–Kier alpha value is -0.120. The van der Waals surface area contributed by atoms with E-state index < -0.39 is 0 Å². The van der Waals surface area contributed by atoms with Crippen molar-refractivity contribution < 1.29 is 0 Å². The predicted molar refractivity (Wildman–Crippen MR) is 70.2 cm³/mol. The molecule has 0 saturated carbocycles. The van der Waals surface area contributed by atoms with Gasteiger partial charge in [-0.3, -0.25) is 0 Å². The van der Waals surface area contributed by atoms with Gasteiger partial charge in [0.2, 0.25) is 0 Å². The van der Waals surface area contributed by atoms with E-state index in [0.29, 0.717) is 0 Å². The Morgan fingerprint density at radius 2 is 2.21 bits per heavy atom. The third kappa shape index (κ3) is 1.58. The normalized spacial score (nSPS) is 11.1. The second-order valence-electron chi connectivity index (χ2n) is 3.07. The number of thiophene rings is 1. The molecule has 0 atom stereocenters. The fraction of sp³-hybridized carbons (Fsp3) is 0.273. The predicted octanol–water partition coefficient (Wildman–Crippen LogP) is 4.47. The molecule has 2 rings (SSSR count). The summed E-state index contributed by atoms with van der Waals surface area (Å²) in [6.45, 7) is 2.19. The monoisotopic (exact) mass is 240 g/mol. The standard InChI is InChI=1S/C11H12S3/c1-3-7-10-8(13-2)5-4-6-9(10)14-11(7)12/h4-6,12H,3H2,1-2H3. The summed E-state index contributed by atoms with van der Waals surface area (Å²) in [6.07, 6.45) is 3.19. The molecule has 0 bridgehead atoms. The second kappa shape index (κ2) is 4.17. The fourth-order valence-corrected chi connectivity index (χ4v) is 4.01. The van der Waals surface area contributed by atoms with Crippen molar-refractivity contribution in [2.24, 2.45) is 0 Å². The first-order chi connectivity index (χ1) is 6.77. The first-order valence-corrected chi connectivity index (χ1v) is 7.04. The van der Waals surface area contributed by atoms with E-state index in [1.165, 1.54) is 24.8 Å². The maximum Gasteiger partial charge on any atom is 0.0613 e. The third-order valence-electron chi connectivity index (χ3n) is 2.33. The molecule has 0 aliphatic rings. The molecule has 0 N–H and O–H groups in total. The number of thioether (sulfide) groups is 1. The van der Waals surface area contributed by atoms with Gasteiger partial charge in [0.05, 0.1) is 4.21 Å². The molecule has 0 spiro atoms. The van der Waals surface area contributed by atoms with Crippen LogP contribution in [0.2, 0.25) is 0 Å². The van der Waals surface area contributed by atoms with E-state index in [1.807, 2.05) is 11.8 Å². The average molecular weight is 240 g/mol. The van der Waals surface area contributed by atoms with Crippen LogP contribution in [0.25, 0.3) is 10.1 Å². The number of fused-ring (bicyclic) bond motifs is 1. The molecule has 3 heteroatoms. The average Bonchev–Trinajstić information content (AvgIpc) is 2.52. The molecule has 0 amide bonds. The van der Waals surface area contributed by atoms with Gasteiger partial charge in [0.15, 0.2) is 0 Å². The third-order valence-corrected chi connectivity index (χ3v) is 4.65. The minimum atomic E-state index is 1.07. The number of rotatable bonds is 2. The van der Waals surface area contributed by atoms with E-state index in [2.05, 4.69) is 44.0 Å². The molecule has 0 saturated heterocycles. The maximum absolute atomic E-state index is 4.53. The van der Waals surface area contributed by atoms with Gasteiger partial charge in [-0.05, 0) is 30.4 Å². The first kappa shape index (κ1) is 10.4. The number of hydrogen-bond donors (Lipinski definition) is 1. The lowest BCUT2D eigenvalue weighted by molar-refractivity contribution is 1.13. The topological polar surface area (TPSA) is 0 Å². The minimum Gasteiger partial charge on any atom is -0.133 e. The molecule has 14 heavy (non-hydrogen) atoms. The zero-order valence-corrected chi connectivity index (χ0v) is 10.7. The van der Waals surface area contributed by atoms with Crippen LogP contribution < -0.4 is 0 Å². The second-order valence-corrected chi connectivity index (χ2v) is 5.72. The lowest BCUT2D eigenvalue weighted by atomic mass is 10.1. The molecular weight excluding hydrogens is 228 g/mol. The Morgan fingerprint density at radius 3 is 2.86 bits per heavy atom. The molecule has 2 aromatic rings. The molecule has 0 radical (unpaired) electrons. The summed E-state index contributed by atoms with van der Waals surface area (Å²) in [5.41, 5.74) is 1.40. The van der Waals surface area contributed by atoms with E-state index in [4.69, 9.17) is 0 Å². The van der Waals surface area contributed by atoms with Crippen molar-refractivity contribution in [2.75, 3.05) is 6.26 Å². The van der Waals surface area contributed by atoms with Gasteiger partial charge in [-0.25, -0.2) is 0 Å². The van der Waals surface area contributed by atoms with Crippen LogP contribution >= 0.6 is 35.7 Å². The lowest BCUT2D eigenvalue weighted by Crippen LogP contribution is -1.80. The zero-order chi connectivity index (χ0) is 10.1. The summed E-state index contributed by atoms with van der Waals surface area (Å²) in [6, 6.07) is 6.49. The van der Waals surface area contributed by atoms with E-state index in [-0.39, 0.29) is 0 Å². The Morgan fingerprint density at radius 1 is 1.43 bits per heavy atom. The number of thiol groups is 1. The van der Waals surface area contributed by atoms with Crippen molar-refractivity contribution in [3.63, 3.8) is 0 Å². The molecule has 74 valence electrons. The summed E-state index contributed by atoms with van der Waals surface area (Å²) in [7, 11) is 0. The minimum absolute atomic E-state index is 1.07. The number of hydrogen-bond acceptors (Lipinski definition) is 3. The largest absolute Gasteiger partial charge is 0.133 e. The Kier molecular flexibility index (Phi) is 3.10. The summed E-state index contributed by atoms with van der Waals surface area (Å²) in [4.78, 5) is 1.37. The Bertz CT molecular complexity index is 457. The van der Waals surface area contributed by atoms with Gasteiger partial charge < -0.3 is 0 Å². The molecular formula is C11H12S3. The Labute approximate surface area is 98.1 Å². The van der Waals surface area contributed by atoms with Gasteiger partial charge in [0.25, 0.3) is 0 Å². The highest BCUT2D eigenvalue weighted by atomic mass is 32.2. The van der Waals surface area contributed by atoms with Crippen LogP contribution in [0.5, 0.6) is 0 Å². The van der Waals surface area contributed by atoms with Crippen molar-refractivity contribution in [1.29, 1.82) is 0 Å². The van der Waals surface area contributed by atoms with E-state index in [9.17, 15) is 0 Å². The molecule has 0 aliphatic carbocycles. The van der Waals surface area contributed by atoms with Crippen LogP contribution in [-0.4, -0.2) is 6.26 Å². The van der Waals surface area contributed by atoms with Crippen molar-refractivity contribution in [3.8, 4) is 0 Å². The van der Waals surface area contributed by atoms with Gasteiger partial charge in [-0.15, -0.1) is 35.7 Å². The molecule has 0 unspecified atom stereocenters. The van der Waals surface area contributed by atoms with Gasteiger partial charge in [-0.1, -0.05) is 13.0 Å². The van der Waals surface area contributed by atoms with Crippen LogP contribution in [0.3, 0.4) is 0 Å². The highest BCUT2D eigenvalue weighted by Gasteiger charge is 2.10. The molecule has 1 aromatic carbocycles. The summed E-state index contributed by atoms with van der Waals surface area (Å²) < 4.78 is 2.53. The van der Waals surface area contributed by atoms with Crippen molar-refractivity contribution in [3.05, 3.63) is 23.8 Å². The fourth-order valence-electron chi connectivity index (χ4n) is 1.66. The first-order valence-electron chi connectivity index (χ1n) is 4.55. The van der Waals surface area contributed by atoms with Gasteiger partial charge in [-0.2, -0.15) is 0 Å². The SMILES string of the molecule is CCc1c(S)sc2cccc(SC)c12. The van der Waals surface area contributed by atoms with Crippen LogP contribution in [-0.2, 0) is 6.42 Å². The van der Waals surface area contributed by atoms with Gasteiger partial charge in [0.1, 0.15) is 0 Å². The molecule has 0 nitrogen and oxygen atoms in total.